The van der Waals surface area contributed by atoms with Crippen molar-refractivity contribution in [2.24, 2.45) is 0 Å². The molecule has 1 saturated heterocycles. The van der Waals surface area contributed by atoms with E-state index in [4.69, 9.17) is 4.74 Å². The van der Waals surface area contributed by atoms with E-state index in [0.29, 0.717) is 18.8 Å². The second-order valence-electron chi connectivity index (χ2n) is 5.90. The van der Waals surface area contributed by atoms with Crippen LogP contribution in [0.2, 0.25) is 0 Å². The van der Waals surface area contributed by atoms with Gasteiger partial charge in [-0.2, -0.15) is 5.10 Å². The largest absolute Gasteiger partial charge is 0.486 e. The second-order valence-corrected chi connectivity index (χ2v) is 5.90. The van der Waals surface area contributed by atoms with Gasteiger partial charge in [-0.1, -0.05) is 25.1 Å². The van der Waals surface area contributed by atoms with Crippen LogP contribution in [0.1, 0.15) is 35.6 Å². The lowest BCUT2D eigenvalue weighted by atomic mass is 10.1. The minimum absolute atomic E-state index is 0.0103. The zero-order valence-electron chi connectivity index (χ0n) is 14.0. The summed E-state index contributed by atoms with van der Waals surface area (Å²) in [6, 6.07) is 9.93. The number of para-hydroxylation sites is 1. The Morgan fingerprint density at radius 1 is 1.30 bits per heavy atom. The van der Waals surface area contributed by atoms with Gasteiger partial charge in [0.05, 0.1) is 13.1 Å². The molecule has 2 aromatic rings. The van der Waals surface area contributed by atoms with E-state index in [2.05, 4.69) is 18.1 Å². The number of aryl methyl sites for hydroxylation is 3. The first kappa shape index (κ1) is 15.6. The number of nitrogens with zero attached hydrogens (tertiary/aromatic N) is 3. The van der Waals surface area contributed by atoms with E-state index in [1.165, 1.54) is 5.56 Å². The van der Waals surface area contributed by atoms with E-state index >= 15 is 0 Å². The van der Waals surface area contributed by atoms with Crippen LogP contribution in [0.5, 0.6) is 5.75 Å². The molecule has 0 unspecified atom stereocenters. The van der Waals surface area contributed by atoms with Gasteiger partial charge in [0.25, 0.3) is 5.91 Å². The Balaban J connectivity index is 1.59. The van der Waals surface area contributed by atoms with Crippen molar-refractivity contribution in [1.29, 1.82) is 0 Å². The van der Waals surface area contributed by atoms with Crippen molar-refractivity contribution in [2.45, 2.75) is 39.8 Å². The van der Waals surface area contributed by atoms with Gasteiger partial charge in [-0.05, 0) is 38.0 Å². The molecule has 1 amide bonds. The SMILES string of the molecule is CCc1ccccc1OC1CN(C(=O)c2cc(C)n(CC)n2)C1. The molecule has 0 N–H and O–H groups in total. The first-order valence-electron chi connectivity index (χ1n) is 8.20. The number of hydrogen-bond donors (Lipinski definition) is 0. The summed E-state index contributed by atoms with van der Waals surface area (Å²) in [5.74, 6) is 0.919. The highest BCUT2D eigenvalue weighted by atomic mass is 16.5. The summed E-state index contributed by atoms with van der Waals surface area (Å²) >= 11 is 0. The van der Waals surface area contributed by atoms with Gasteiger partial charge in [-0.15, -0.1) is 0 Å². The Morgan fingerprint density at radius 2 is 2.04 bits per heavy atom. The first-order chi connectivity index (χ1) is 11.1. The van der Waals surface area contributed by atoms with E-state index in [1.54, 1.807) is 4.90 Å². The minimum atomic E-state index is -0.0103. The minimum Gasteiger partial charge on any atom is -0.486 e. The Labute approximate surface area is 136 Å². The predicted molar refractivity (Wildman–Crippen MR) is 88.8 cm³/mol. The van der Waals surface area contributed by atoms with E-state index in [0.717, 1.165) is 24.4 Å². The summed E-state index contributed by atoms with van der Waals surface area (Å²) in [7, 11) is 0. The molecule has 1 aromatic carbocycles. The highest BCUT2D eigenvalue weighted by molar-refractivity contribution is 5.93. The van der Waals surface area contributed by atoms with Gasteiger partial charge >= 0.3 is 0 Å². The Bertz CT molecular complexity index is 702. The molecule has 2 heterocycles. The molecule has 5 nitrogen and oxygen atoms in total. The number of amides is 1. The molecule has 1 fully saturated rings. The molecule has 1 aromatic heterocycles. The van der Waals surface area contributed by atoms with Crippen molar-refractivity contribution in [3.8, 4) is 5.75 Å². The van der Waals surface area contributed by atoms with Crippen LogP contribution < -0.4 is 4.74 Å². The fraction of sp³-hybridized carbons (Fsp3) is 0.444. The molecule has 0 spiro atoms. The number of hydrogen-bond acceptors (Lipinski definition) is 3. The maximum Gasteiger partial charge on any atom is 0.274 e. The quantitative estimate of drug-likeness (QED) is 0.852. The Morgan fingerprint density at radius 3 is 2.70 bits per heavy atom. The van der Waals surface area contributed by atoms with Gasteiger partial charge in [0.2, 0.25) is 0 Å². The van der Waals surface area contributed by atoms with Gasteiger partial charge in [0, 0.05) is 12.2 Å². The van der Waals surface area contributed by atoms with Crippen molar-refractivity contribution in [2.75, 3.05) is 13.1 Å². The van der Waals surface area contributed by atoms with Gasteiger partial charge in [0.1, 0.15) is 11.9 Å². The van der Waals surface area contributed by atoms with E-state index in [-0.39, 0.29) is 12.0 Å². The lowest BCUT2D eigenvalue weighted by Crippen LogP contribution is -2.56. The third-order valence-electron chi connectivity index (χ3n) is 4.28. The number of ether oxygens (including phenoxy) is 1. The summed E-state index contributed by atoms with van der Waals surface area (Å²) in [6.45, 7) is 8.12. The molecule has 0 radical (unpaired) electrons. The van der Waals surface area contributed by atoms with E-state index in [1.807, 2.05) is 42.8 Å². The van der Waals surface area contributed by atoms with Crippen LogP contribution in [0.25, 0.3) is 0 Å². The highest BCUT2D eigenvalue weighted by Gasteiger charge is 2.34. The lowest BCUT2D eigenvalue weighted by molar-refractivity contribution is 0.0169. The summed E-state index contributed by atoms with van der Waals surface area (Å²) < 4.78 is 7.86. The molecule has 1 aliphatic heterocycles. The van der Waals surface area contributed by atoms with E-state index in [9.17, 15) is 4.79 Å². The number of likely N-dealkylation sites (tertiary alicyclic amines) is 1. The fourth-order valence-electron chi connectivity index (χ4n) is 2.87. The third kappa shape index (κ3) is 3.09. The summed E-state index contributed by atoms with van der Waals surface area (Å²) in [5, 5.41) is 4.35. The highest BCUT2D eigenvalue weighted by Crippen LogP contribution is 2.23. The van der Waals surface area contributed by atoms with Crippen LogP contribution in [0.15, 0.2) is 30.3 Å². The number of benzene rings is 1. The zero-order valence-corrected chi connectivity index (χ0v) is 14.0. The van der Waals surface area contributed by atoms with Crippen LogP contribution in [0, 0.1) is 6.92 Å². The molecule has 5 heteroatoms. The van der Waals surface area contributed by atoms with Crippen molar-refractivity contribution in [3.05, 3.63) is 47.3 Å². The average Bonchev–Trinajstić information content (AvgIpc) is 2.91. The second kappa shape index (κ2) is 6.44. The summed E-state index contributed by atoms with van der Waals surface area (Å²) in [6.07, 6.45) is 1.01. The molecule has 0 bridgehead atoms. The van der Waals surface area contributed by atoms with Gasteiger partial charge in [-0.25, -0.2) is 0 Å². The third-order valence-corrected chi connectivity index (χ3v) is 4.28. The number of carbonyl (C=O) groups is 1. The molecular formula is C18H23N3O2. The number of aromatic nitrogens is 2. The molecule has 0 atom stereocenters. The first-order valence-corrected chi connectivity index (χ1v) is 8.20. The molecule has 23 heavy (non-hydrogen) atoms. The van der Waals surface area contributed by atoms with Crippen molar-refractivity contribution in [3.63, 3.8) is 0 Å². The summed E-state index contributed by atoms with van der Waals surface area (Å²) in [4.78, 5) is 14.2. The predicted octanol–water partition coefficient (Wildman–Crippen LogP) is 2.68. The topological polar surface area (TPSA) is 47.4 Å². The Hall–Kier alpha value is -2.30. The molecule has 0 aliphatic carbocycles. The fourth-order valence-corrected chi connectivity index (χ4v) is 2.87. The van der Waals surface area contributed by atoms with E-state index < -0.39 is 0 Å². The van der Waals surface area contributed by atoms with Crippen LogP contribution >= 0.6 is 0 Å². The number of carbonyl (C=O) groups excluding carboxylic acids is 1. The van der Waals surface area contributed by atoms with Crippen LogP contribution in [-0.2, 0) is 13.0 Å². The van der Waals surface area contributed by atoms with Crippen LogP contribution in [0.4, 0.5) is 0 Å². The standard InChI is InChI=1S/C18H23N3O2/c1-4-14-8-6-7-9-17(14)23-15-11-20(12-15)18(22)16-10-13(3)21(5-2)19-16/h6-10,15H,4-5,11-12H2,1-3H3. The van der Waals surface area contributed by atoms with Gasteiger partial charge < -0.3 is 9.64 Å². The maximum absolute atomic E-state index is 12.4. The van der Waals surface area contributed by atoms with Crippen molar-refractivity contribution in [1.82, 2.24) is 14.7 Å². The molecule has 1 aliphatic rings. The normalized spacial score (nSPS) is 14.7. The van der Waals surface area contributed by atoms with Gasteiger partial charge in [-0.3, -0.25) is 9.48 Å². The van der Waals surface area contributed by atoms with Gasteiger partial charge in [0.15, 0.2) is 5.69 Å². The zero-order chi connectivity index (χ0) is 16.4. The maximum atomic E-state index is 12.4. The van der Waals surface area contributed by atoms with Crippen LogP contribution in [-0.4, -0.2) is 39.8 Å². The van der Waals surface area contributed by atoms with Crippen molar-refractivity contribution >= 4 is 5.91 Å². The molecular weight excluding hydrogens is 290 g/mol. The molecule has 122 valence electrons. The monoisotopic (exact) mass is 313 g/mol. The summed E-state index contributed by atoms with van der Waals surface area (Å²) in [5.41, 5.74) is 2.74. The average molecular weight is 313 g/mol. The van der Waals surface area contributed by atoms with Crippen molar-refractivity contribution < 1.29 is 9.53 Å². The Kier molecular flexibility index (Phi) is 4.37. The lowest BCUT2D eigenvalue weighted by Gasteiger charge is -2.38. The smallest absolute Gasteiger partial charge is 0.274 e. The molecule has 0 saturated carbocycles. The molecule has 3 rings (SSSR count). The van der Waals surface area contributed by atoms with Crippen LogP contribution in [0.3, 0.4) is 0 Å². The number of rotatable bonds is 5.